The van der Waals surface area contributed by atoms with Crippen molar-refractivity contribution in [1.29, 1.82) is 0 Å². The van der Waals surface area contributed by atoms with Gasteiger partial charge in [-0.15, -0.1) is 0 Å². The first-order chi connectivity index (χ1) is 13.8. The van der Waals surface area contributed by atoms with Crippen LogP contribution in [0.3, 0.4) is 0 Å². The predicted molar refractivity (Wildman–Crippen MR) is 125 cm³/mol. The number of allylic oxidation sites excluding steroid dienone is 2. The average molecular weight is 376 g/mol. The van der Waals surface area contributed by atoms with Gasteiger partial charge in [-0.1, -0.05) is 99.2 Å². The number of hydrogen-bond acceptors (Lipinski definition) is 1. The Labute approximate surface area is 172 Å². The Bertz CT molecular complexity index is 685. The summed E-state index contributed by atoms with van der Waals surface area (Å²) in [7, 11) is 0. The molecule has 0 radical (unpaired) electrons. The number of unbranched alkanes of at least 4 members (excludes halogenated alkanes) is 1. The molecule has 28 heavy (non-hydrogen) atoms. The lowest BCUT2D eigenvalue weighted by Crippen LogP contribution is -2.26. The molecular weight excluding hydrogens is 338 g/mol. The quantitative estimate of drug-likeness (QED) is 0.336. The van der Waals surface area contributed by atoms with Crippen LogP contribution in [0.1, 0.15) is 57.1 Å². The van der Waals surface area contributed by atoms with Gasteiger partial charge < -0.3 is 4.90 Å². The highest BCUT2D eigenvalue weighted by atomic mass is 15.1. The maximum absolute atomic E-state index is 2.63. The normalized spacial score (nSPS) is 12.2. The third-order valence-electron chi connectivity index (χ3n) is 5.06. The molecule has 0 N–H and O–H groups in total. The molecule has 0 aromatic heterocycles. The van der Waals surface area contributed by atoms with E-state index in [9.17, 15) is 0 Å². The second kappa shape index (κ2) is 14.0. The van der Waals surface area contributed by atoms with Gasteiger partial charge in [-0.25, -0.2) is 0 Å². The van der Waals surface area contributed by atoms with Crippen LogP contribution in [0, 0.1) is 0 Å². The predicted octanol–water partition coefficient (Wildman–Crippen LogP) is 7.16. The van der Waals surface area contributed by atoms with Crippen molar-refractivity contribution in [2.45, 2.75) is 52.4 Å². The second-order valence-corrected chi connectivity index (χ2v) is 7.41. The zero-order valence-electron chi connectivity index (χ0n) is 17.8. The Balaban J connectivity index is 2.01. The van der Waals surface area contributed by atoms with Crippen LogP contribution in [0.25, 0.3) is 5.57 Å². The lowest BCUT2D eigenvalue weighted by Gasteiger charge is -2.21. The number of benzene rings is 2. The Kier molecular flexibility index (Phi) is 11.1. The van der Waals surface area contributed by atoms with E-state index < -0.39 is 0 Å². The van der Waals surface area contributed by atoms with E-state index in [4.69, 9.17) is 0 Å². The molecule has 0 aliphatic rings. The van der Waals surface area contributed by atoms with Gasteiger partial charge >= 0.3 is 0 Å². The van der Waals surface area contributed by atoms with Crippen LogP contribution in [0.4, 0.5) is 0 Å². The van der Waals surface area contributed by atoms with E-state index in [0.717, 1.165) is 32.2 Å². The van der Waals surface area contributed by atoms with Gasteiger partial charge in [0, 0.05) is 13.1 Å². The molecular formula is C27H37N. The smallest absolute Gasteiger partial charge is 0.00162 e. The van der Waals surface area contributed by atoms with E-state index in [2.05, 4.69) is 97.6 Å². The molecule has 2 aromatic rings. The lowest BCUT2D eigenvalue weighted by molar-refractivity contribution is 0.279. The maximum Gasteiger partial charge on any atom is 0.00162 e. The number of hydrogen-bond donors (Lipinski definition) is 0. The van der Waals surface area contributed by atoms with Crippen LogP contribution in [-0.4, -0.2) is 24.5 Å². The minimum absolute atomic E-state index is 0.999. The van der Waals surface area contributed by atoms with E-state index in [1.807, 2.05) is 0 Å². The summed E-state index contributed by atoms with van der Waals surface area (Å²) >= 11 is 0. The molecule has 0 amide bonds. The molecule has 0 saturated carbocycles. The highest BCUT2D eigenvalue weighted by molar-refractivity contribution is 5.67. The fourth-order valence-electron chi connectivity index (χ4n) is 3.44. The molecule has 0 aliphatic carbocycles. The van der Waals surface area contributed by atoms with Gasteiger partial charge in [-0.3, -0.25) is 0 Å². The summed E-state index contributed by atoms with van der Waals surface area (Å²) in [6.07, 6.45) is 14.0. The van der Waals surface area contributed by atoms with Crippen molar-refractivity contribution in [3.05, 3.63) is 90.0 Å². The molecule has 0 aliphatic heterocycles. The summed E-state index contributed by atoms with van der Waals surface area (Å²) in [5, 5.41) is 0. The standard InChI is InChI=1S/C27H37N/c1-3-5-7-14-22-28(21-6-4-2)23-15-20-27(26-18-12-9-13-19-26)24-25-16-10-8-11-17-25/h5,7-13,16-20H,3-4,6,14-15,21-24H2,1-2H3. The molecule has 0 heterocycles. The largest absolute Gasteiger partial charge is 0.303 e. The Morgan fingerprint density at radius 1 is 0.786 bits per heavy atom. The van der Waals surface area contributed by atoms with Crippen LogP contribution in [-0.2, 0) is 6.42 Å². The van der Waals surface area contributed by atoms with Crippen molar-refractivity contribution in [2.24, 2.45) is 0 Å². The molecule has 150 valence electrons. The van der Waals surface area contributed by atoms with Crippen LogP contribution in [0.2, 0.25) is 0 Å². The molecule has 0 spiro atoms. The zero-order chi connectivity index (χ0) is 19.9. The monoisotopic (exact) mass is 375 g/mol. The molecule has 2 aromatic carbocycles. The van der Waals surface area contributed by atoms with Crippen LogP contribution < -0.4 is 0 Å². The molecule has 0 unspecified atom stereocenters. The van der Waals surface area contributed by atoms with Crippen LogP contribution in [0.15, 0.2) is 78.9 Å². The first kappa shape index (κ1) is 22.2. The Hall–Kier alpha value is -2.12. The van der Waals surface area contributed by atoms with Gasteiger partial charge in [0.25, 0.3) is 0 Å². The van der Waals surface area contributed by atoms with Gasteiger partial charge in [-0.05, 0) is 55.3 Å². The summed E-state index contributed by atoms with van der Waals surface area (Å²) in [6, 6.07) is 21.7. The lowest BCUT2D eigenvalue weighted by atomic mass is 9.97. The van der Waals surface area contributed by atoms with Crippen molar-refractivity contribution >= 4 is 5.57 Å². The molecule has 0 fully saturated rings. The fraction of sp³-hybridized carbons (Fsp3) is 0.407. The van der Waals surface area contributed by atoms with E-state index in [-0.39, 0.29) is 0 Å². The van der Waals surface area contributed by atoms with Gasteiger partial charge in [0.2, 0.25) is 0 Å². The van der Waals surface area contributed by atoms with Crippen molar-refractivity contribution < 1.29 is 0 Å². The third-order valence-corrected chi connectivity index (χ3v) is 5.06. The topological polar surface area (TPSA) is 3.24 Å². The zero-order valence-corrected chi connectivity index (χ0v) is 17.8. The first-order valence-electron chi connectivity index (χ1n) is 11.0. The highest BCUT2D eigenvalue weighted by Gasteiger charge is 2.05. The van der Waals surface area contributed by atoms with Gasteiger partial charge in [-0.2, -0.15) is 0 Å². The minimum Gasteiger partial charge on any atom is -0.303 e. The fourth-order valence-corrected chi connectivity index (χ4v) is 3.44. The SMILES string of the molecule is CCC=CCCN(CCC=C(Cc1ccccc1)c1ccccc1)CCCC. The van der Waals surface area contributed by atoms with Crippen LogP contribution >= 0.6 is 0 Å². The van der Waals surface area contributed by atoms with E-state index in [0.29, 0.717) is 0 Å². The second-order valence-electron chi connectivity index (χ2n) is 7.41. The molecule has 1 nitrogen and oxygen atoms in total. The Morgan fingerprint density at radius 2 is 1.46 bits per heavy atom. The van der Waals surface area contributed by atoms with Gasteiger partial charge in [0.15, 0.2) is 0 Å². The molecule has 0 saturated heterocycles. The molecule has 2 rings (SSSR count). The number of nitrogens with zero attached hydrogens (tertiary/aromatic N) is 1. The van der Waals surface area contributed by atoms with E-state index in [1.54, 1.807) is 0 Å². The summed E-state index contributed by atoms with van der Waals surface area (Å²) < 4.78 is 0. The van der Waals surface area contributed by atoms with Crippen molar-refractivity contribution in [3.8, 4) is 0 Å². The Morgan fingerprint density at radius 3 is 2.14 bits per heavy atom. The van der Waals surface area contributed by atoms with Crippen molar-refractivity contribution in [1.82, 2.24) is 4.90 Å². The third kappa shape index (κ3) is 8.71. The first-order valence-corrected chi connectivity index (χ1v) is 11.0. The van der Waals surface area contributed by atoms with Crippen molar-refractivity contribution in [2.75, 3.05) is 19.6 Å². The molecule has 0 bridgehead atoms. The summed E-state index contributed by atoms with van der Waals surface area (Å²) in [5.74, 6) is 0. The van der Waals surface area contributed by atoms with Gasteiger partial charge in [0.05, 0.1) is 0 Å². The summed E-state index contributed by atoms with van der Waals surface area (Å²) in [5.41, 5.74) is 4.16. The van der Waals surface area contributed by atoms with E-state index in [1.165, 1.54) is 42.6 Å². The minimum atomic E-state index is 0.999. The van der Waals surface area contributed by atoms with Crippen LogP contribution in [0.5, 0.6) is 0 Å². The molecule has 1 heteroatoms. The molecule has 0 atom stereocenters. The summed E-state index contributed by atoms with van der Waals surface area (Å²) in [6.45, 7) is 8.01. The highest BCUT2D eigenvalue weighted by Crippen LogP contribution is 2.20. The van der Waals surface area contributed by atoms with Gasteiger partial charge in [0.1, 0.15) is 0 Å². The average Bonchev–Trinajstić information content (AvgIpc) is 2.75. The van der Waals surface area contributed by atoms with Crippen molar-refractivity contribution in [3.63, 3.8) is 0 Å². The number of rotatable bonds is 13. The summed E-state index contributed by atoms with van der Waals surface area (Å²) in [4.78, 5) is 2.63. The van der Waals surface area contributed by atoms with E-state index >= 15 is 0 Å². The maximum atomic E-state index is 2.63.